The Hall–Kier alpha value is -4.03. The van der Waals surface area contributed by atoms with E-state index in [-0.39, 0.29) is 17.8 Å². The molecule has 2 aromatic heterocycles. The molecule has 33 heavy (non-hydrogen) atoms. The van der Waals surface area contributed by atoms with Crippen molar-refractivity contribution in [3.63, 3.8) is 0 Å². The van der Waals surface area contributed by atoms with Gasteiger partial charge in [-0.15, -0.1) is 0 Å². The van der Waals surface area contributed by atoms with E-state index in [0.29, 0.717) is 33.1 Å². The summed E-state index contributed by atoms with van der Waals surface area (Å²) in [6, 6.07) is 18.8. The zero-order valence-corrected chi connectivity index (χ0v) is 18.2. The number of ether oxygens (including phenoxy) is 2. The van der Waals surface area contributed by atoms with Gasteiger partial charge in [0.1, 0.15) is 35.5 Å². The van der Waals surface area contributed by atoms with Crippen LogP contribution in [0.4, 0.5) is 0 Å². The molecule has 2 heterocycles. The van der Waals surface area contributed by atoms with E-state index in [2.05, 4.69) is 0 Å². The molecule has 0 N–H and O–H groups in total. The lowest BCUT2D eigenvalue weighted by Crippen LogP contribution is -2.05. The Morgan fingerprint density at radius 2 is 1.64 bits per heavy atom. The minimum atomic E-state index is -0.449. The lowest BCUT2D eigenvalue weighted by Gasteiger charge is -2.09. The van der Waals surface area contributed by atoms with Crippen LogP contribution in [0, 0.1) is 6.92 Å². The van der Waals surface area contributed by atoms with E-state index in [9.17, 15) is 9.59 Å². The predicted molar refractivity (Wildman–Crippen MR) is 126 cm³/mol. The SMILES string of the molecule is Cc1cc(=O)oc2cc(Oc3coc4cc(OCc5ccccc5Cl)ccc4c3=O)ccc12. The number of aryl methyl sites for hydroxylation is 1. The molecule has 0 saturated heterocycles. The Bertz CT molecular complexity index is 1620. The number of halogens is 1. The number of hydrogen-bond acceptors (Lipinski definition) is 6. The van der Waals surface area contributed by atoms with Crippen LogP contribution in [0.25, 0.3) is 21.9 Å². The minimum Gasteiger partial charge on any atom is -0.489 e. The predicted octanol–water partition coefficient (Wildman–Crippen LogP) is 6.23. The fourth-order valence-corrected chi connectivity index (χ4v) is 3.71. The molecule has 6 nitrogen and oxygen atoms in total. The first-order chi connectivity index (χ1) is 16.0. The minimum absolute atomic E-state index is 0.0154. The highest BCUT2D eigenvalue weighted by Crippen LogP contribution is 2.27. The first-order valence-corrected chi connectivity index (χ1v) is 10.5. The number of fused-ring (bicyclic) bond motifs is 2. The number of rotatable bonds is 5. The molecule has 164 valence electrons. The van der Waals surface area contributed by atoms with Gasteiger partial charge in [-0.05, 0) is 42.8 Å². The second kappa shape index (κ2) is 8.48. The third-order valence-corrected chi connectivity index (χ3v) is 5.59. The van der Waals surface area contributed by atoms with E-state index in [1.165, 1.54) is 12.3 Å². The molecule has 5 aromatic rings. The first-order valence-electron chi connectivity index (χ1n) is 10.1. The van der Waals surface area contributed by atoms with E-state index in [1.54, 1.807) is 42.5 Å². The summed E-state index contributed by atoms with van der Waals surface area (Å²) < 4.78 is 22.4. The van der Waals surface area contributed by atoms with Crippen LogP contribution in [0.3, 0.4) is 0 Å². The molecule has 0 fully saturated rings. The van der Waals surface area contributed by atoms with Gasteiger partial charge >= 0.3 is 5.63 Å². The van der Waals surface area contributed by atoms with Gasteiger partial charge in [-0.1, -0.05) is 29.8 Å². The third kappa shape index (κ3) is 4.21. The van der Waals surface area contributed by atoms with Gasteiger partial charge in [0.05, 0.1) is 5.39 Å². The van der Waals surface area contributed by atoms with Crippen LogP contribution in [-0.2, 0) is 6.61 Å². The molecule has 0 aliphatic heterocycles. The van der Waals surface area contributed by atoms with E-state index in [4.69, 9.17) is 29.9 Å². The van der Waals surface area contributed by atoms with Crippen molar-refractivity contribution in [2.45, 2.75) is 13.5 Å². The van der Waals surface area contributed by atoms with Gasteiger partial charge in [0.25, 0.3) is 0 Å². The summed E-state index contributed by atoms with van der Waals surface area (Å²) in [6.45, 7) is 2.11. The van der Waals surface area contributed by atoms with Crippen molar-refractivity contribution in [3.8, 4) is 17.2 Å². The van der Waals surface area contributed by atoms with Crippen molar-refractivity contribution in [1.29, 1.82) is 0 Å². The molecular formula is C26H17ClO6. The Labute approximate surface area is 192 Å². The molecule has 0 bridgehead atoms. The molecule has 0 spiro atoms. The van der Waals surface area contributed by atoms with Gasteiger partial charge < -0.3 is 18.3 Å². The summed E-state index contributed by atoms with van der Waals surface area (Å²) in [7, 11) is 0. The van der Waals surface area contributed by atoms with Crippen LogP contribution in [0.15, 0.2) is 91.4 Å². The Balaban J connectivity index is 1.41. The van der Waals surface area contributed by atoms with Crippen LogP contribution in [0.1, 0.15) is 11.1 Å². The van der Waals surface area contributed by atoms with Crippen molar-refractivity contribution < 1.29 is 18.3 Å². The Kier molecular flexibility index (Phi) is 5.36. The smallest absolute Gasteiger partial charge is 0.336 e. The zero-order valence-electron chi connectivity index (χ0n) is 17.5. The quantitative estimate of drug-likeness (QED) is 0.289. The molecule has 0 atom stereocenters. The molecule has 0 unspecified atom stereocenters. The van der Waals surface area contributed by atoms with E-state index < -0.39 is 5.63 Å². The molecule has 0 aliphatic rings. The lowest BCUT2D eigenvalue weighted by molar-refractivity contribution is 0.306. The van der Waals surface area contributed by atoms with Gasteiger partial charge in [-0.2, -0.15) is 0 Å². The van der Waals surface area contributed by atoms with Crippen molar-refractivity contribution >= 4 is 33.5 Å². The summed E-state index contributed by atoms with van der Waals surface area (Å²) in [5.41, 5.74) is 1.61. The topological polar surface area (TPSA) is 78.9 Å². The maximum Gasteiger partial charge on any atom is 0.336 e. The molecular weight excluding hydrogens is 444 g/mol. The van der Waals surface area contributed by atoms with Crippen molar-refractivity contribution in [2.75, 3.05) is 0 Å². The van der Waals surface area contributed by atoms with Gasteiger partial charge in [-0.25, -0.2) is 4.79 Å². The highest BCUT2D eigenvalue weighted by Gasteiger charge is 2.12. The molecule has 0 aliphatic carbocycles. The van der Waals surface area contributed by atoms with Crippen LogP contribution in [-0.4, -0.2) is 0 Å². The molecule has 0 saturated carbocycles. The highest BCUT2D eigenvalue weighted by atomic mass is 35.5. The zero-order chi connectivity index (χ0) is 22.9. The van der Waals surface area contributed by atoms with E-state index in [1.807, 2.05) is 25.1 Å². The average Bonchev–Trinajstić information content (AvgIpc) is 2.80. The molecule has 3 aromatic carbocycles. The number of hydrogen-bond donors (Lipinski definition) is 0. The number of benzene rings is 3. The Morgan fingerprint density at radius 1 is 0.879 bits per heavy atom. The largest absolute Gasteiger partial charge is 0.489 e. The van der Waals surface area contributed by atoms with Crippen LogP contribution in [0.5, 0.6) is 17.2 Å². The summed E-state index contributed by atoms with van der Waals surface area (Å²) in [5.74, 6) is 0.906. The van der Waals surface area contributed by atoms with Crippen LogP contribution in [0.2, 0.25) is 5.02 Å². The maximum absolute atomic E-state index is 12.9. The second-order valence-corrected chi connectivity index (χ2v) is 7.88. The van der Waals surface area contributed by atoms with Gasteiger partial charge in [0, 0.05) is 34.2 Å². The van der Waals surface area contributed by atoms with Crippen LogP contribution >= 0.6 is 11.6 Å². The second-order valence-electron chi connectivity index (χ2n) is 7.48. The fourth-order valence-electron chi connectivity index (χ4n) is 3.52. The molecule has 0 radical (unpaired) electrons. The highest BCUT2D eigenvalue weighted by molar-refractivity contribution is 6.31. The Morgan fingerprint density at radius 3 is 2.48 bits per heavy atom. The van der Waals surface area contributed by atoms with Crippen LogP contribution < -0.4 is 20.5 Å². The van der Waals surface area contributed by atoms with Crippen molar-refractivity contribution in [1.82, 2.24) is 0 Å². The van der Waals surface area contributed by atoms with Gasteiger partial charge in [0.2, 0.25) is 11.2 Å². The average molecular weight is 461 g/mol. The van der Waals surface area contributed by atoms with E-state index in [0.717, 1.165) is 16.5 Å². The van der Waals surface area contributed by atoms with Crippen molar-refractivity contribution in [3.05, 3.63) is 110 Å². The molecule has 0 amide bonds. The lowest BCUT2D eigenvalue weighted by atomic mass is 10.1. The van der Waals surface area contributed by atoms with E-state index >= 15 is 0 Å². The summed E-state index contributed by atoms with van der Waals surface area (Å²) in [5, 5.41) is 1.76. The summed E-state index contributed by atoms with van der Waals surface area (Å²) in [4.78, 5) is 24.6. The summed E-state index contributed by atoms with van der Waals surface area (Å²) >= 11 is 6.16. The molecule has 5 rings (SSSR count). The monoisotopic (exact) mass is 460 g/mol. The van der Waals surface area contributed by atoms with Crippen molar-refractivity contribution in [2.24, 2.45) is 0 Å². The summed E-state index contributed by atoms with van der Waals surface area (Å²) in [6.07, 6.45) is 1.25. The third-order valence-electron chi connectivity index (χ3n) is 5.22. The molecule has 7 heteroatoms. The van der Waals surface area contributed by atoms with Gasteiger partial charge in [0.15, 0.2) is 0 Å². The van der Waals surface area contributed by atoms with Gasteiger partial charge in [-0.3, -0.25) is 4.79 Å². The normalized spacial score (nSPS) is 11.1. The first kappa shape index (κ1) is 20.8. The fraction of sp³-hybridized carbons (Fsp3) is 0.0769. The maximum atomic E-state index is 12.9. The standard InChI is InChI=1S/C26H17ClO6/c1-15-10-25(28)33-23-12-18(7-8-19(15)23)32-24-14-31-22-11-17(6-9-20(22)26(24)29)30-13-16-4-2-3-5-21(16)27/h2-12,14H,13H2,1H3.